The van der Waals surface area contributed by atoms with Crippen molar-refractivity contribution in [2.24, 2.45) is 0 Å². The number of benzene rings is 6. The highest BCUT2D eigenvalue weighted by atomic mass is 16.2. The van der Waals surface area contributed by atoms with Crippen molar-refractivity contribution in [1.82, 2.24) is 9.13 Å². The minimum atomic E-state index is -0.398. The van der Waals surface area contributed by atoms with E-state index in [1.54, 1.807) is 16.7 Å². The minimum absolute atomic E-state index is 0.336. The molecule has 0 aliphatic carbocycles. The fourth-order valence-electron chi connectivity index (χ4n) is 5.32. The van der Waals surface area contributed by atoms with E-state index in [1.807, 2.05) is 66.7 Å². The van der Waals surface area contributed by atoms with Gasteiger partial charge < -0.3 is 0 Å². The molecule has 180 valence electrons. The van der Waals surface area contributed by atoms with Crippen LogP contribution in [0.3, 0.4) is 0 Å². The van der Waals surface area contributed by atoms with E-state index in [0.29, 0.717) is 22.3 Å². The first-order chi connectivity index (χ1) is 18.7. The Morgan fingerprint density at radius 1 is 0.421 bits per heavy atom. The number of hydrogen-bond acceptors (Lipinski definition) is 2. The first kappa shape index (κ1) is 22.0. The van der Waals surface area contributed by atoms with Gasteiger partial charge in [0.25, 0.3) is 5.56 Å². The van der Waals surface area contributed by atoms with Gasteiger partial charge in [0.15, 0.2) is 0 Å². The lowest BCUT2D eigenvalue weighted by molar-refractivity contribution is 0.835. The molecule has 0 aliphatic heterocycles. The van der Waals surface area contributed by atoms with Gasteiger partial charge in [-0.1, -0.05) is 91.0 Å². The fraction of sp³-hybridized carbons (Fsp3) is 0. The number of hydrogen-bond donors (Lipinski definition) is 0. The maximum atomic E-state index is 13.8. The Morgan fingerprint density at radius 3 is 1.76 bits per heavy atom. The van der Waals surface area contributed by atoms with Crippen molar-refractivity contribution in [1.29, 1.82) is 0 Å². The molecule has 7 aromatic rings. The first-order valence-corrected chi connectivity index (χ1v) is 12.5. The van der Waals surface area contributed by atoms with Gasteiger partial charge in [-0.2, -0.15) is 0 Å². The maximum absolute atomic E-state index is 13.8. The standard InChI is InChI=1S/C34H22N2O2/c37-33-31-22-25(24-17-19-30-26(21-24)16-15-23-9-7-8-14-29(23)30)18-20-32(31)35(27-10-3-1-4-11-27)34(38)36(33)28-12-5-2-6-13-28/h1-22H. The lowest BCUT2D eigenvalue weighted by Gasteiger charge is -2.15. The van der Waals surface area contributed by atoms with Crippen LogP contribution in [0.1, 0.15) is 0 Å². The summed E-state index contributed by atoms with van der Waals surface area (Å²) in [6.45, 7) is 0. The van der Waals surface area contributed by atoms with Crippen LogP contribution in [-0.4, -0.2) is 9.13 Å². The van der Waals surface area contributed by atoms with Crippen molar-refractivity contribution < 1.29 is 0 Å². The van der Waals surface area contributed by atoms with Crippen LogP contribution in [0.4, 0.5) is 0 Å². The minimum Gasteiger partial charge on any atom is -0.268 e. The number of nitrogens with zero attached hydrogens (tertiary/aromatic N) is 2. The van der Waals surface area contributed by atoms with Crippen LogP contribution in [0, 0.1) is 0 Å². The second kappa shape index (κ2) is 8.71. The lowest BCUT2D eigenvalue weighted by Crippen LogP contribution is -2.38. The molecular weight excluding hydrogens is 468 g/mol. The zero-order valence-electron chi connectivity index (χ0n) is 20.4. The summed E-state index contributed by atoms with van der Waals surface area (Å²) in [4.78, 5) is 27.6. The van der Waals surface area contributed by atoms with Gasteiger partial charge in [-0.3, -0.25) is 9.36 Å². The molecular formula is C34H22N2O2. The molecule has 0 saturated carbocycles. The van der Waals surface area contributed by atoms with Crippen LogP contribution < -0.4 is 11.2 Å². The van der Waals surface area contributed by atoms with Crippen molar-refractivity contribution in [3.63, 3.8) is 0 Å². The van der Waals surface area contributed by atoms with Crippen molar-refractivity contribution in [2.75, 3.05) is 0 Å². The SMILES string of the molecule is O=c1c2cc(-c3ccc4c(ccc5ccccc54)c3)ccc2n(-c2ccccc2)c(=O)n1-c1ccccc1. The molecule has 0 atom stereocenters. The predicted octanol–water partition coefficient (Wildman–Crippen LogP) is 7.12. The molecule has 38 heavy (non-hydrogen) atoms. The van der Waals surface area contributed by atoms with Crippen LogP contribution in [0.5, 0.6) is 0 Å². The Morgan fingerprint density at radius 2 is 1.00 bits per heavy atom. The number of para-hydroxylation sites is 2. The highest BCUT2D eigenvalue weighted by Crippen LogP contribution is 2.31. The summed E-state index contributed by atoms with van der Waals surface area (Å²) in [5.41, 5.74) is 3.02. The number of rotatable bonds is 3. The van der Waals surface area contributed by atoms with Crippen LogP contribution in [0.25, 0.3) is 54.9 Å². The Kier molecular flexibility index (Phi) is 5.05. The van der Waals surface area contributed by atoms with Crippen molar-refractivity contribution in [2.45, 2.75) is 0 Å². The molecule has 7 rings (SSSR count). The van der Waals surface area contributed by atoms with Gasteiger partial charge in [0.05, 0.1) is 22.3 Å². The van der Waals surface area contributed by atoms with E-state index in [2.05, 4.69) is 54.6 Å². The molecule has 1 aromatic heterocycles. The summed E-state index contributed by atoms with van der Waals surface area (Å²) >= 11 is 0. The molecule has 0 aliphatic rings. The molecule has 1 heterocycles. The van der Waals surface area contributed by atoms with E-state index in [4.69, 9.17) is 0 Å². The molecule has 0 fully saturated rings. The molecule has 0 radical (unpaired) electrons. The molecule has 4 nitrogen and oxygen atoms in total. The zero-order valence-corrected chi connectivity index (χ0v) is 20.4. The van der Waals surface area contributed by atoms with Gasteiger partial charge in [-0.15, -0.1) is 0 Å². The Labute approximate surface area is 218 Å². The summed E-state index contributed by atoms with van der Waals surface area (Å²) in [6, 6.07) is 43.3. The average molecular weight is 491 g/mol. The molecule has 0 amide bonds. The molecule has 0 N–H and O–H groups in total. The van der Waals surface area contributed by atoms with E-state index in [9.17, 15) is 9.59 Å². The van der Waals surface area contributed by atoms with Crippen LogP contribution in [-0.2, 0) is 0 Å². The van der Waals surface area contributed by atoms with Crippen LogP contribution in [0.15, 0.2) is 143 Å². The summed E-state index contributed by atoms with van der Waals surface area (Å²) in [5, 5.41) is 5.23. The maximum Gasteiger partial charge on any atom is 0.340 e. The first-order valence-electron chi connectivity index (χ1n) is 12.5. The molecule has 6 aromatic carbocycles. The summed E-state index contributed by atoms with van der Waals surface area (Å²) in [6.07, 6.45) is 0. The van der Waals surface area contributed by atoms with E-state index in [-0.39, 0.29) is 5.56 Å². The topological polar surface area (TPSA) is 44.0 Å². The quantitative estimate of drug-likeness (QED) is 0.248. The van der Waals surface area contributed by atoms with Gasteiger partial charge >= 0.3 is 5.69 Å². The van der Waals surface area contributed by atoms with Gasteiger partial charge in [0.1, 0.15) is 0 Å². The summed E-state index contributed by atoms with van der Waals surface area (Å²) < 4.78 is 2.87. The van der Waals surface area contributed by atoms with Crippen LogP contribution >= 0.6 is 0 Å². The second-order valence-electron chi connectivity index (χ2n) is 9.38. The van der Waals surface area contributed by atoms with Crippen molar-refractivity contribution in [3.8, 4) is 22.5 Å². The third-order valence-electron chi connectivity index (χ3n) is 7.16. The summed E-state index contributed by atoms with van der Waals surface area (Å²) in [7, 11) is 0. The zero-order chi connectivity index (χ0) is 25.6. The van der Waals surface area contributed by atoms with Crippen molar-refractivity contribution >= 4 is 32.4 Å². The second-order valence-corrected chi connectivity index (χ2v) is 9.38. The van der Waals surface area contributed by atoms with E-state index < -0.39 is 5.69 Å². The van der Waals surface area contributed by atoms with Gasteiger partial charge in [-0.05, 0) is 75.1 Å². The van der Waals surface area contributed by atoms with Gasteiger partial charge in [0, 0.05) is 0 Å². The largest absolute Gasteiger partial charge is 0.340 e. The lowest BCUT2D eigenvalue weighted by atomic mass is 9.97. The van der Waals surface area contributed by atoms with E-state index in [0.717, 1.165) is 16.5 Å². The molecule has 0 bridgehead atoms. The number of aromatic nitrogens is 2. The molecule has 0 unspecified atom stereocenters. The van der Waals surface area contributed by atoms with Crippen molar-refractivity contribution in [3.05, 3.63) is 154 Å². The third kappa shape index (κ3) is 3.46. The molecule has 0 saturated heterocycles. The van der Waals surface area contributed by atoms with Gasteiger partial charge in [-0.25, -0.2) is 9.36 Å². The Hall–Kier alpha value is -5.22. The fourth-order valence-corrected chi connectivity index (χ4v) is 5.32. The predicted molar refractivity (Wildman–Crippen MR) is 156 cm³/mol. The Bertz CT molecular complexity index is 2110. The van der Waals surface area contributed by atoms with Crippen LogP contribution in [0.2, 0.25) is 0 Å². The molecule has 0 spiro atoms. The highest BCUT2D eigenvalue weighted by Gasteiger charge is 2.17. The summed E-state index contributed by atoms with van der Waals surface area (Å²) in [5.74, 6) is 0. The normalized spacial score (nSPS) is 11.4. The third-order valence-corrected chi connectivity index (χ3v) is 7.16. The van der Waals surface area contributed by atoms with E-state index >= 15 is 0 Å². The monoisotopic (exact) mass is 490 g/mol. The Balaban J connectivity index is 1.50. The number of fused-ring (bicyclic) bond motifs is 4. The van der Waals surface area contributed by atoms with Gasteiger partial charge in [0.2, 0.25) is 0 Å². The highest BCUT2D eigenvalue weighted by molar-refractivity contribution is 6.08. The smallest absolute Gasteiger partial charge is 0.268 e. The van der Waals surface area contributed by atoms with E-state index in [1.165, 1.54) is 20.7 Å². The average Bonchev–Trinajstić information content (AvgIpc) is 2.98. The molecule has 4 heteroatoms.